The van der Waals surface area contributed by atoms with Crippen LogP contribution in [0.25, 0.3) is 0 Å². The van der Waals surface area contributed by atoms with Crippen molar-refractivity contribution in [2.75, 3.05) is 6.61 Å². The standard InChI is InChI=1S/C13H18O2/c1-5-15-12-8-6-11(7-9-12)13(3,4)10(2)14/h6-9H,5H2,1-4H3. The van der Waals surface area contributed by atoms with E-state index in [2.05, 4.69) is 0 Å². The van der Waals surface area contributed by atoms with E-state index in [1.54, 1.807) is 6.92 Å². The summed E-state index contributed by atoms with van der Waals surface area (Å²) >= 11 is 0. The Morgan fingerprint density at radius 3 is 2.20 bits per heavy atom. The van der Waals surface area contributed by atoms with Crippen molar-refractivity contribution in [3.05, 3.63) is 29.8 Å². The van der Waals surface area contributed by atoms with E-state index in [-0.39, 0.29) is 5.78 Å². The Kier molecular flexibility index (Phi) is 3.51. The quantitative estimate of drug-likeness (QED) is 0.757. The van der Waals surface area contributed by atoms with E-state index in [1.165, 1.54) is 0 Å². The molecule has 1 aromatic rings. The number of carbonyl (C=O) groups excluding carboxylic acids is 1. The van der Waals surface area contributed by atoms with Gasteiger partial charge < -0.3 is 4.74 Å². The van der Waals surface area contributed by atoms with Crippen LogP contribution in [0, 0.1) is 0 Å². The maximum atomic E-state index is 11.4. The summed E-state index contributed by atoms with van der Waals surface area (Å²) in [6.45, 7) is 8.11. The van der Waals surface area contributed by atoms with Gasteiger partial charge in [0.2, 0.25) is 0 Å². The summed E-state index contributed by atoms with van der Waals surface area (Å²) in [4.78, 5) is 11.4. The molecule has 15 heavy (non-hydrogen) atoms. The Balaban J connectivity index is 2.93. The van der Waals surface area contributed by atoms with Gasteiger partial charge in [-0.2, -0.15) is 0 Å². The van der Waals surface area contributed by atoms with Gasteiger partial charge in [-0.15, -0.1) is 0 Å². The normalized spacial score (nSPS) is 11.2. The summed E-state index contributed by atoms with van der Waals surface area (Å²) in [5.41, 5.74) is 0.614. The van der Waals surface area contributed by atoms with E-state index in [0.717, 1.165) is 11.3 Å². The van der Waals surface area contributed by atoms with Gasteiger partial charge in [-0.05, 0) is 45.4 Å². The average molecular weight is 206 g/mol. The van der Waals surface area contributed by atoms with Gasteiger partial charge in [0.25, 0.3) is 0 Å². The molecule has 0 saturated carbocycles. The maximum absolute atomic E-state index is 11.4. The zero-order valence-electron chi connectivity index (χ0n) is 9.83. The summed E-state index contributed by atoms with van der Waals surface area (Å²) in [5, 5.41) is 0. The lowest BCUT2D eigenvalue weighted by Crippen LogP contribution is -2.26. The molecule has 0 bridgehead atoms. The predicted molar refractivity (Wildman–Crippen MR) is 61.3 cm³/mol. The van der Waals surface area contributed by atoms with Crippen molar-refractivity contribution in [3.8, 4) is 5.75 Å². The van der Waals surface area contributed by atoms with E-state index in [0.29, 0.717) is 6.61 Å². The third kappa shape index (κ3) is 2.58. The maximum Gasteiger partial charge on any atom is 0.139 e. The van der Waals surface area contributed by atoms with Crippen LogP contribution >= 0.6 is 0 Å². The predicted octanol–water partition coefficient (Wildman–Crippen LogP) is 2.95. The van der Waals surface area contributed by atoms with Crippen molar-refractivity contribution in [1.82, 2.24) is 0 Å². The Bertz CT molecular complexity index is 336. The first-order valence-electron chi connectivity index (χ1n) is 5.23. The van der Waals surface area contributed by atoms with E-state index in [4.69, 9.17) is 4.74 Å². The summed E-state index contributed by atoms with van der Waals surface area (Å²) < 4.78 is 5.35. The van der Waals surface area contributed by atoms with Gasteiger partial charge in [0.05, 0.1) is 6.61 Å². The molecule has 0 amide bonds. The van der Waals surface area contributed by atoms with Crippen LogP contribution in [-0.2, 0) is 10.2 Å². The molecule has 0 radical (unpaired) electrons. The minimum Gasteiger partial charge on any atom is -0.494 e. The number of benzene rings is 1. The van der Waals surface area contributed by atoms with E-state index in [9.17, 15) is 4.79 Å². The number of carbonyl (C=O) groups is 1. The average Bonchev–Trinajstić information content (AvgIpc) is 2.19. The number of Topliss-reactive ketones (excluding diaryl/α,β-unsaturated/α-hetero) is 1. The highest BCUT2D eigenvalue weighted by Crippen LogP contribution is 2.25. The molecule has 1 aromatic carbocycles. The first-order valence-corrected chi connectivity index (χ1v) is 5.23. The second kappa shape index (κ2) is 4.47. The van der Waals surface area contributed by atoms with Crippen molar-refractivity contribution < 1.29 is 9.53 Å². The lowest BCUT2D eigenvalue weighted by atomic mass is 9.81. The van der Waals surface area contributed by atoms with Crippen LogP contribution in [-0.4, -0.2) is 12.4 Å². The van der Waals surface area contributed by atoms with E-state index < -0.39 is 5.41 Å². The van der Waals surface area contributed by atoms with Crippen molar-refractivity contribution >= 4 is 5.78 Å². The molecule has 0 aliphatic heterocycles. The van der Waals surface area contributed by atoms with Crippen molar-refractivity contribution in [2.45, 2.75) is 33.1 Å². The molecule has 0 unspecified atom stereocenters. The Hall–Kier alpha value is -1.31. The Morgan fingerprint density at radius 2 is 1.80 bits per heavy atom. The first kappa shape index (κ1) is 11.8. The van der Waals surface area contributed by atoms with Crippen LogP contribution in [0.15, 0.2) is 24.3 Å². The topological polar surface area (TPSA) is 26.3 Å². The molecule has 82 valence electrons. The molecule has 0 fully saturated rings. The summed E-state index contributed by atoms with van der Waals surface area (Å²) in [5.74, 6) is 1.02. The molecule has 0 atom stereocenters. The van der Waals surface area contributed by atoms with Gasteiger partial charge >= 0.3 is 0 Å². The highest BCUT2D eigenvalue weighted by Gasteiger charge is 2.25. The van der Waals surface area contributed by atoms with Gasteiger partial charge in [0, 0.05) is 5.41 Å². The number of ketones is 1. The molecular formula is C13H18O2. The molecule has 2 nitrogen and oxygen atoms in total. The third-order valence-electron chi connectivity index (χ3n) is 2.77. The Labute approximate surface area is 91.3 Å². The summed E-state index contributed by atoms with van der Waals surface area (Å²) in [7, 11) is 0. The largest absolute Gasteiger partial charge is 0.494 e. The van der Waals surface area contributed by atoms with Crippen LogP contribution in [0.5, 0.6) is 5.75 Å². The van der Waals surface area contributed by atoms with Gasteiger partial charge in [-0.25, -0.2) is 0 Å². The van der Waals surface area contributed by atoms with Crippen LogP contribution in [0.3, 0.4) is 0 Å². The van der Waals surface area contributed by atoms with E-state index >= 15 is 0 Å². The fourth-order valence-electron chi connectivity index (χ4n) is 1.34. The number of hydrogen-bond donors (Lipinski definition) is 0. The van der Waals surface area contributed by atoms with Gasteiger partial charge in [-0.1, -0.05) is 12.1 Å². The SMILES string of the molecule is CCOc1ccc(C(C)(C)C(C)=O)cc1. The lowest BCUT2D eigenvalue weighted by Gasteiger charge is -2.21. The van der Waals surface area contributed by atoms with Gasteiger partial charge in [0.15, 0.2) is 0 Å². The molecule has 0 N–H and O–H groups in total. The molecule has 0 heterocycles. The zero-order valence-corrected chi connectivity index (χ0v) is 9.83. The molecule has 0 aliphatic rings. The van der Waals surface area contributed by atoms with Crippen LogP contribution in [0.4, 0.5) is 0 Å². The van der Waals surface area contributed by atoms with Gasteiger partial charge in [-0.3, -0.25) is 4.79 Å². The first-order chi connectivity index (χ1) is 6.98. The monoisotopic (exact) mass is 206 g/mol. The van der Waals surface area contributed by atoms with Gasteiger partial charge in [0.1, 0.15) is 11.5 Å². The molecule has 0 saturated heterocycles. The molecule has 1 rings (SSSR count). The number of hydrogen-bond acceptors (Lipinski definition) is 2. The molecule has 0 aliphatic carbocycles. The fourth-order valence-corrected chi connectivity index (χ4v) is 1.34. The summed E-state index contributed by atoms with van der Waals surface area (Å²) in [6.07, 6.45) is 0. The number of ether oxygens (including phenoxy) is 1. The summed E-state index contributed by atoms with van der Waals surface area (Å²) in [6, 6.07) is 7.71. The smallest absolute Gasteiger partial charge is 0.139 e. The second-order valence-corrected chi connectivity index (χ2v) is 4.14. The Morgan fingerprint density at radius 1 is 1.27 bits per heavy atom. The third-order valence-corrected chi connectivity index (χ3v) is 2.77. The number of rotatable bonds is 4. The van der Waals surface area contributed by atoms with E-state index in [1.807, 2.05) is 45.0 Å². The van der Waals surface area contributed by atoms with Crippen LogP contribution in [0.2, 0.25) is 0 Å². The van der Waals surface area contributed by atoms with Crippen LogP contribution in [0.1, 0.15) is 33.3 Å². The highest BCUT2D eigenvalue weighted by atomic mass is 16.5. The second-order valence-electron chi connectivity index (χ2n) is 4.14. The fraction of sp³-hybridized carbons (Fsp3) is 0.462. The molecule has 0 spiro atoms. The minimum atomic E-state index is -0.412. The molecule has 2 heteroatoms. The molecular weight excluding hydrogens is 188 g/mol. The zero-order chi connectivity index (χ0) is 11.5. The van der Waals surface area contributed by atoms with Crippen molar-refractivity contribution in [2.24, 2.45) is 0 Å². The minimum absolute atomic E-state index is 0.173. The van der Waals surface area contributed by atoms with Crippen LogP contribution < -0.4 is 4.74 Å². The van der Waals surface area contributed by atoms with Crippen molar-refractivity contribution in [1.29, 1.82) is 0 Å². The van der Waals surface area contributed by atoms with Crippen molar-refractivity contribution in [3.63, 3.8) is 0 Å². The highest BCUT2D eigenvalue weighted by molar-refractivity contribution is 5.87. The lowest BCUT2D eigenvalue weighted by molar-refractivity contribution is -0.121. The molecule has 0 aromatic heterocycles.